The molecule has 3 heterocycles. The van der Waals surface area contributed by atoms with Crippen molar-refractivity contribution in [3.8, 4) is 0 Å². The molecule has 1 saturated heterocycles. The van der Waals surface area contributed by atoms with Crippen molar-refractivity contribution in [2.45, 2.75) is 31.3 Å². The maximum Gasteiger partial charge on any atom is 0.143 e. The Morgan fingerprint density at radius 2 is 2.19 bits per heavy atom. The molecule has 4 heteroatoms. The highest BCUT2D eigenvalue weighted by atomic mass is 16.5. The Morgan fingerprint density at radius 1 is 1.31 bits per heavy atom. The Labute approximate surface area is 95.1 Å². The van der Waals surface area contributed by atoms with Gasteiger partial charge in [-0.05, 0) is 38.1 Å². The first kappa shape index (κ1) is 9.90. The van der Waals surface area contributed by atoms with Crippen molar-refractivity contribution in [1.82, 2.24) is 15.5 Å². The van der Waals surface area contributed by atoms with Gasteiger partial charge >= 0.3 is 0 Å². The summed E-state index contributed by atoms with van der Waals surface area (Å²) in [7, 11) is 0. The van der Waals surface area contributed by atoms with Gasteiger partial charge in [-0.1, -0.05) is 0 Å². The van der Waals surface area contributed by atoms with Crippen LogP contribution in [0.2, 0.25) is 0 Å². The molecule has 1 aromatic rings. The molecule has 86 valence electrons. The van der Waals surface area contributed by atoms with E-state index in [2.05, 4.69) is 27.7 Å². The zero-order valence-electron chi connectivity index (χ0n) is 9.28. The fourth-order valence-electron chi connectivity index (χ4n) is 2.43. The molecular formula is C12H17N3O. The van der Waals surface area contributed by atoms with Gasteiger partial charge in [-0.2, -0.15) is 5.10 Å². The van der Waals surface area contributed by atoms with Gasteiger partial charge in [0.05, 0.1) is 17.6 Å². The van der Waals surface area contributed by atoms with Crippen molar-refractivity contribution in [3.05, 3.63) is 29.8 Å². The molecule has 0 saturated carbocycles. The molecular weight excluding hydrogens is 202 g/mol. The highest BCUT2D eigenvalue weighted by Gasteiger charge is 2.21. The van der Waals surface area contributed by atoms with Gasteiger partial charge in [0.2, 0.25) is 0 Å². The molecule has 4 nitrogen and oxygen atoms in total. The van der Waals surface area contributed by atoms with E-state index in [1.54, 1.807) is 6.26 Å². The largest absolute Gasteiger partial charge is 0.492 e. The molecule has 0 radical (unpaired) electrons. The van der Waals surface area contributed by atoms with E-state index < -0.39 is 0 Å². The van der Waals surface area contributed by atoms with Crippen molar-refractivity contribution in [3.63, 3.8) is 0 Å². The van der Waals surface area contributed by atoms with Gasteiger partial charge in [-0.3, -0.25) is 5.10 Å². The van der Waals surface area contributed by atoms with Crippen LogP contribution >= 0.6 is 0 Å². The summed E-state index contributed by atoms with van der Waals surface area (Å²) in [6.45, 7) is 2.21. The number of rotatable bonds is 2. The first-order chi connectivity index (χ1) is 7.93. The van der Waals surface area contributed by atoms with Crippen molar-refractivity contribution < 1.29 is 4.74 Å². The lowest BCUT2D eigenvalue weighted by Crippen LogP contribution is -2.26. The van der Waals surface area contributed by atoms with Gasteiger partial charge in [0, 0.05) is 12.3 Å². The fourth-order valence-corrected chi connectivity index (χ4v) is 2.43. The average molecular weight is 219 g/mol. The summed E-state index contributed by atoms with van der Waals surface area (Å²) in [5.74, 6) is 0.612. The SMILES string of the molecule is C1=COC(c2cc(C3CCNCC3)n[nH]2)C1. The van der Waals surface area contributed by atoms with E-state index in [1.807, 2.05) is 0 Å². The molecule has 1 atom stereocenters. The number of nitrogens with one attached hydrogen (secondary N) is 2. The van der Waals surface area contributed by atoms with Crippen LogP contribution < -0.4 is 5.32 Å². The normalized spacial score (nSPS) is 25.9. The van der Waals surface area contributed by atoms with E-state index in [0.717, 1.165) is 25.2 Å². The van der Waals surface area contributed by atoms with Crippen molar-refractivity contribution in [1.29, 1.82) is 0 Å². The number of hydrogen-bond donors (Lipinski definition) is 2. The maximum atomic E-state index is 5.48. The second-order valence-electron chi connectivity index (χ2n) is 4.50. The predicted octanol–water partition coefficient (Wildman–Crippen LogP) is 1.85. The average Bonchev–Trinajstić information content (AvgIpc) is 3.01. The molecule has 0 aromatic carbocycles. The number of hydrogen-bond acceptors (Lipinski definition) is 3. The van der Waals surface area contributed by atoms with E-state index in [0.29, 0.717) is 5.92 Å². The highest BCUT2D eigenvalue weighted by molar-refractivity contribution is 5.17. The van der Waals surface area contributed by atoms with Crippen LogP contribution in [0.1, 0.15) is 42.7 Å². The predicted molar refractivity (Wildman–Crippen MR) is 61.0 cm³/mol. The Kier molecular flexibility index (Phi) is 2.66. The van der Waals surface area contributed by atoms with E-state index in [-0.39, 0.29) is 6.10 Å². The topological polar surface area (TPSA) is 49.9 Å². The second kappa shape index (κ2) is 4.29. The van der Waals surface area contributed by atoms with Gasteiger partial charge in [0.15, 0.2) is 0 Å². The summed E-state index contributed by atoms with van der Waals surface area (Å²) in [4.78, 5) is 0. The minimum atomic E-state index is 0.156. The van der Waals surface area contributed by atoms with Crippen LogP contribution in [-0.4, -0.2) is 23.3 Å². The molecule has 3 rings (SSSR count). The molecule has 2 N–H and O–H groups in total. The van der Waals surface area contributed by atoms with E-state index >= 15 is 0 Å². The van der Waals surface area contributed by atoms with Crippen molar-refractivity contribution in [2.75, 3.05) is 13.1 Å². The zero-order valence-corrected chi connectivity index (χ0v) is 9.28. The van der Waals surface area contributed by atoms with Crippen molar-refractivity contribution in [2.24, 2.45) is 0 Å². The first-order valence-electron chi connectivity index (χ1n) is 6.00. The summed E-state index contributed by atoms with van der Waals surface area (Å²) in [5, 5.41) is 10.9. The lowest BCUT2D eigenvalue weighted by molar-refractivity contribution is 0.169. The van der Waals surface area contributed by atoms with Crippen LogP contribution in [0.3, 0.4) is 0 Å². The van der Waals surface area contributed by atoms with Crippen LogP contribution in [0.5, 0.6) is 0 Å². The summed E-state index contributed by atoms with van der Waals surface area (Å²) in [5.41, 5.74) is 2.31. The highest BCUT2D eigenvalue weighted by Crippen LogP contribution is 2.29. The Balaban J connectivity index is 1.71. The number of aromatic amines is 1. The van der Waals surface area contributed by atoms with E-state index in [1.165, 1.54) is 18.5 Å². The second-order valence-corrected chi connectivity index (χ2v) is 4.50. The number of nitrogens with zero attached hydrogens (tertiary/aromatic N) is 1. The smallest absolute Gasteiger partial charge is 0.143 e. The molecule has 1 fully saturated rings. The van der Waals surface area contributed by atoms with Crippen LogP contribution in [0.25, 0.3) is 0 Å². The Hall–Kier alpha value is -1.29. The summed E-state index contributed by atoms with van der Waals surface area (Å²) in [6.07, 6.45) is 7.31. The number of ether oxygens (including phenoxy) is 1. The Bertz CT molecular complexity index is 371. The molecule has 0 spiro atoms. The number of piperidine rings is 1. The minimum absolute atomic E-state index is 0.156. The zero-order chi connectivity index (χ0) is 10.8. The fraction of sp³-hybridized carbons (Fsp3) is 0.583. The molecule has 16 heavy (non-hydrogen) atoms. The van der Waals surface area contributed by atoms with Crippen LogP contribution in [-0.2, 0) is 4.74 Å². The first-order valence-corrected chi connectivity index (χ1v) is 6.00. The monoisotopic (exact) mass is 219 g/mol. The van der Waals surface area contributed by atoms with Gasteiger partial charge in [0.1, 0.15) is 6.10 Å². The van der Waals surface area contributed by atoms with Crippen LogP contribution in [0.15, 0.2) is 18.4 Å². The van der Waals surface area contributed by atoms with Gasteiger partial charge < -0.3 is 10.1 Å². The van der Waals surface area contributed by atoms with Gasteiger partial charge in [-0.15, -0.1) is 0 Å². The van der Waals surface area contributed by atoms with E-state index in [4.69, 9.17) is 4.74 Å². The molecule has 0 amide bonds. The third kappa shape index (κ3) is 1.85. The Morgan fingerprint density at radius 3 is 2.94 bits per heavy atom. The quantitative estimate of drug-likeness (QED) is 0.798. The summed E-state index contributed by atoms with van der Waals surface area (Å²) < 4.78 is 5.48. The van der Waals surface area contributed by atoms with Gasteiger partial charge in [0.25, 0.3) is 0 Å². The molecule has 0 aliphatic carbocycles. The standard InChI is InChI=1S/C12H17N3O/c1-2-12(16-7-1)11-8-10(14-15-11)9-3-5-13-6-4-9/h1,7-9,12-13H,2-6H2,(H,14,15). The molecule has 2 aliphatic rings. The van der Waals surface area contributed by atoms with Crippen molar-refractivity contribution >= 4 is 0 Å². The summed E-state index contributed by atoms with van der Waals surface area (Å²) in [6, 6.07) is 2.17. The lowest BCUT2D eigenvalue weighted by atomic mass is 9.94. The summed E-state index contributed by atoms with van der Waals surface area (Å²) >= 11 is 0. The van der Waals surface area contributed by atoms with Crippen LogP contribution in [0, 0.1) is 0 Å². The number of H-pyrrole nitrogens is 1. The minimum Gasteiger partial charge on any atom is -0.492 e. The lowest BCUT2D eigenvalue weighted by Gasteiger charge is -2.20. The van der Waals surface area contributed by atoms with Gasteiger partial charge in [-0.25, -0.2) is 0 Å². The third-order valence-electron chi connectivity index (χ3n) is 3.41. The third-order valence-corrected chi connectivity index (χ3v) is 3.41. The maximum absolute atomic E-state index is 5.48. The molecule has 1 unspecified atom stereocenters. The molecule has 2 aliphatic heterocycles. The number of aromatic nitrogens is 2. The molecule has 0 bridgehead atoms. The van der Waals surface area contributed by atoms with E-state index in [9.17, 15) is 0 Å². The molecule has 1 aromatic heterocycles. The van der Waals surface area contributed by atoms with Crippen LogP contribution in [0.4, 0.5) is 0 Å².